The Morgan fingerprint density at radius 1 is 1.60 bits per heavy atom. The van der Waals surface area contributed by atoms with Crippen LogP contribution in [0, 0.1) is 10.1 Å². The van der Waals surface area contributed by atoms with E-state index in [0.717, 1.165) is 12.8 Å². The van der Waals surface area contributed by atoms with Crippen molar-refractivity contribution in [3.05, 3.63) is 28.4 Å². The number of pyridine rings is 1. The van der Waals surface area contributed by atoms with E-state index >= 15 is 0 Å². The van der Waals surface area contributed by atoms with Crippen LogP contribution in [0.1, 0.15) is 19.8 Å². The van der Waals surface area contributed by atoms with Crippen molar-refractivity contribution in [1.82, 2.24) is 4.98 Å². The highest BCUT2D eigenvalue weighted by Crippen LogP contribution is 2.19. The van der Waals surface area contributed by atoms with Gasteiger partial charge in [0.1, 0.15) is 0 Å². The van der Waals surface area contributed by atoms with Crippen molar-refractivity contribution in [2.24, 2.45) is 0 Å². The van der Waals surface area contributed by atoms with E-state index in [9.17, 15) is 14.3 Å². The monoisotopic (exact) mass is 228 g/mol. The minimum absolute atomic E-state index is 0.0796. The molecule has 0 aliphatic rings. The fourth-order valence-electron chi connectivity index (χ4n) is 1.07. The first-order chi connectivity index (χ1) is 7.16. The lowest BCUT2D eigenvalue weighted by molar-refractivity contribution is -0.388. The largest absolute Gasteiger partial charge is 0.303 e. The van der Waals surface area contributed by atoms with Gasteiger partial charge in [-0.15, -0.1) is 0 Å². The molecule has 82 valence electrons. The number of nitro groups is 1. The number of rotatable bonds is 5. The lowest BCUT2D eigenvalue weighted by Crippen LogP contribution is -2.04. The third kappa shape index (κ3) is 3.09. The summed E-state index contributed by atoms with van der Waals surface area (Å²) in [5.74, 6) is 0.425. The lowest BCUT2D eigenvalue weighted by Gasteiger charge is -2.00. The van der Waals surface area contributed by atoms with Gasteiger partial charge in [-0.3, -0.25) is 14.3 Å². The van der Waals surface area contributed by atoms with E-state index in [1.165, 1.54) is 18.3 Å². The minimum Gasteiger partial charge on any atom is -0.258 e. The summed E-state index contributed by atoms with van der Waals surface area (Å²) in [7, 11) is -1.37. The molecule has 0 spiro atoms. The van der Waals surface area contributed by atoms with Gasteiger partial charge in [-0.25, -0.2) is 4.98 Å². The highest BCUT2D eigenvalue weighted by molar-refractivity contribution is 7.85. The first-order valence-electron chi connectivity index (χ1n) is 4.64. The highest BCUT2D eigenvalue weighted by atomic mass is 32.2. The van der Waals surface area contributed by atoms with E-state index in [-0.39, 0.29) is 10.7 Å². The van der Waals surface area contributed by atoms with Crippen molar-refractivity contribution < 1.29 is 9.13 Å². The summed E-state index contributed by atoms with van der Waals surface area (Å²) in [6.45, 7) is 1.98. The fraction of sp³-hybridized carbons (Fsp3) is 0.444. The molecule has 1 aromatic rings. The second-order valence-corrected chi connectivity index (χ2v) is 4.47. The van der Waals surface area contributed by atoms with E-state index in [1.54, 1.807) is 0 Å². The van der Waals surface area contributed by atoms with Gasteiger partial charge in [-0.2, -0.15) is 0 Å². The Bertz CT molecular complexity index is 381. The molecule has 1 atom stereocenters. The molecule has 0 N–H and O–H groups in total. The predicted octanol–water partition coefficient (Wildman–Crippen LogP) is 1.90. The van der Waals surface area contributed by atoms with Gasteiger partial charge in [0, 0.05) is 18.0 Å². The molecule has 1 unspecified atom stereocenters. The minimum atomic E-state index is -1.37. The molecule has 1 heterocycles. The zero-order valence-corrected chi connectivity index (χ0v) is 9.20. The molecule has 5 nitrogen and oxygen atoms in total. The normalized spacial score (nSPS) is 12.3. The van der Waals surface area contributed by atoms with Gasteiger partial charge in [-0.1, -0.05) is 13.3 Å². The SMILES string of the molecule is CCCCS(=O)c1ncccc1[N+](=O)[O-]. The lowest BCUT2D eigenvalue weighted by atomic mass is 10.4. The van der Waals surface area contributed by atoms with Crippen LogP contribution in [0.15, 0.2) is 23.4 Å². The van der Waals surface area contributed by atoms with Crippen LogP contribution >= 0.6 is 0 Å². The maximum absolute atomic E-state index is 11.7. The quantitative estimate of drug-likeness (QED) is 0.570. The van der Waals surface area contributed by atoms with Crippen molar-refractivity contribution >= 4 is 16.5 Å². The van der Waals surface area contributed by atoms with Gasteiger partial charge in [0.05, 0.1) is 15.7 Å². The number of hydrogen-bond donors (Lipinski definition) is 0. The second kappa shape index (κ2) is 5.55. The van der Waals surface area contributed by atoms with Crippen LogP contribution in [-0.2, 0) is 10.8 Å². The van der Waals surface area contributed by atoms with Crippen LogP contribution in [-0.4, -0.2) is 19.9 Å². The third-order valence-electron chi connectivity index (χ3n) is 1.85. The fourth-order valence-corrected chi connectivity index (χ4v) is 2.37. The average Bonchev–Trinajstić information content (AvgIpc) is 2.25. The molecule has 6 heteroatoms. The molecule has 0 aliphatic carbocycles. The predicted molar refractivity (Wildman–Crippen MR) is 57.1 cm³/mol. The summed E-state index contributed by atoms with van der Waals surface area (Å²) >= 11 is 0. The van der Waals surface area contributed by atoms with Crippen molar-refractivity contribution in [3.63, 3.8) is 0 Å². The van der Waals surface area contributed by atoms with Crippen LogP contribution < -0.4 is 0 Å². The van der Waals surface area contributed by atoms with Gasteiger partial charge in [0.2, 0.25) is 5.03 Å². The molecule has 0 saturated carbocycles. The van der Waals surface area contributed by atoms with E-state index in [0.29, 0.717) is 5.75 Å². The molecule has 1 rings (SSSR count). The zero-order valence-electron chi connectivity index (χ0n) is 8.38. The van der Waals surface area contributed by atoms with Gasteiger partial charge in [-0.05, 0) is 12.5 Å². The molecule has 0 bridgehead atoms. The van der Waals surface area contributed by atoms with Crippen LogP contribution in [0.3, 0.4) is 0 Å². The van der Waals surface area contributed by atoms with Crippen molar-refractivity contribution in [2.75, 3.05) is 5.75 Å². The van der Waals surface area contributed by atoms with Crippen molar-refractivity contribution in [2.45, 2.75) is 24.8 Å². The molecular weight excluding hydrogens is 216 g/mol. The molecular formula is C9H12N2O3S. The van der Waals surface area contributed by atoms with E-state index in [4.69, 9.17) is 0 Å². The summed E-state index contributed by atoms with van der Waals surface area (Å²) in [5.41, 5.74) is -0.160. The Labute approximate surface area is 90.1 Å². The maximum atomic E-state index is 11.7. The van der Waals surface area contributed by atoms with E-state index in [2.05, 4.69) is 4.98 Å². The summed E-state index contributed by atoms with van der Waals surface area (Å²) in [6.07, 6.45) is 3.11. The van der Waals surface area contributed by atoms with Gasteiger partial charge < -0.3 is 0 Å². The third-order valence-corrected chi connectivity index (χ3v) is 3.25. The zero-order chi connectivity index (χ0) is 11.3. The first-order valence-corrected chi connectivity index (χ1v) is 5.96. The van der Waals surface area contributed by atoms with Crippen molar-refractivity contribution in [1.29, 1.82) is 0 Å². The number of nitrogens with zero attached hydrogens (tertiary/aromatic N) is 2. The molecule has 1 aromatic heterocycles. The summed E-state index contributed by atoms with van der Waals surface area (Å²) in [6, 6.07) is 2.80. The topological polar surface area (TPSA) is 73.1 Å². The molecule has 0 fully saturated rings. The van der Waals surface area contributed by atoms with Crippen LogP contribution in [0.5, 0.6) is 0 Å². The van der Waals surface area contributed by atoms with Crippen LogP contribution in [0.25, 0.3) is 0 Å². The van der Waals surface area contributed by atoms with Crippen LogP contribution in [0.2, 0.25) is 0 Å². The molecule has 15 heavy (non-hydrogen) atoms. The molecule has 0 aliphatic heterocycles. The van der Waals surface area contributed by atoms with E-state index < -0.39 is 15.7 Å². The Morgan fingerprint density at radius 3 is 2.93 bits per heavy atom. The molecule has 0 amide bonds. The standard InChI is InChI=1S/C9H12N2O3S/c1-2-3-7-15(14)9-8(11(12)13)5-4-6-10-9/h4-6H,2-3,7H2,1H3. The van der Waals surface area contributed by atoms with Gasteiger partial charge in [0.15, 0.2) is 0 Å². The Kier molecular flexibility index (Phi) is 4.36. The molecule has 0 radical (unpaired) electrons. The highest BCUT2D eigenvalue weighted by Gasteiger charge is 2.19. The van der Waals surface area contributed by atoms with Crippen molar-refractivity contribution in [3.8, 4) is 0 Å². The Balaban J connectivity index is 2.92. The summed E-state index contributed by atoms with van der Waals surface area (Å²) in [5, 5.41) is 10.7. The Morgan fingerprint density at radius 2 is 2.33 bits per heavy atom. The second-order valence-electron chi connectivity index (χ2n) is 2.99. The van der Waals surface area contributed by atoms with Gasteiger partial charge in [0.25, 0.3) is 0 Å². The number of hydrogen-bond acceptors (Lipinski definition) is 4. The molecule has 0 aromatic carbocycles. The number of unbranched alkanes of at least 4 members (excludes halogenated alkanes) is 1. The van der Waals surface area contributed by atoms with Crippen LogP contribution in [0.4, 0.5) is 5.69 Å². The smallest absolute Gasteiger partial charge is 0.258 e. The maximum Gasteiger partial charge on any atom is 0.303 e. The summed E-state index contributed by atoms with van der Waals surface area (Å²) in [4.78, 5) is 13.9. The number of aromatic nitrogens is 1. The van der Waals surface area contributed by atoms with E-state index in [1.807, 2.05) is 6.92 Å². The first kappa shape index (κ1) is 11.8. The average molecular weight is 228 g/mol. The van der Waals surface area contributed by atoms with Gasteiger partial charge >= 0.3 is 5.69 Å². The Hall–Kier alpha value is -1.30. The molecule has 0 saturated heterocycles. The summed E-state index contributed by atoms with van der Waals surface area (Å²) < 4.78 is 11.7.